The van der Waals surface area contributed by atoms with Crippen molar-refractivity contribution < 1.29 is 13.5 Å². The van der Waals surface area contributed by atoms with Crippen LogP contribution in [-0.2, 0) is 0 Å². The predicted molar refractivity (Wildman–Crippen MR) is 69.8 cm³/mol. The molecule has 0 spiro atoms. The Kier molecular flexibility index (Phi) is 3.20. The molecule has 7 heteroatoms. The molecule has 0 atom stereocenters. The van der Waals surface area contributed by atoms with Crippen molar-refractivity contribution in [1.29, 1.82) is 5.26 Å². The first kappa shape index (κ1) is 13.0. The van der Waals surface area contributed by atoms with E-state index in [-0.39, 0.29) is 5.75 Å². The molecule has 3 rings (SSSR count). The number of nitrogens with zero attached hydrogens (tertiary/aromatic N) is 4. The summed E-state index contributed by atoms with van der Waals surface area (Å²) in [6, 6.07) is 11.4. The third-order valence-electron chi connectivity index (χ3n) is 2.87. The summed E-state index contributed by atoms with van der Waals surface area (Å²) in [6.45, 7) is -2.86. The summed E-state index contributed by atoms with van der Waals surface area (Å²) >= 11 is 0. The van der Waals surface area contributed by atoms with E-state index in [4.69, 9.17) is 5.26 Å². The average Bonchev–Trinajstić information content (AvgIpc) is 2.90. The second-order valence-electron chi connectivity index (χ2n) is 4.18. The van der Waals surface area contributed by atoms with E-state index in [1.54, 1.807) is 34.9 Å². The van der Waals surface area contributed by atoms with Gasteiger partial charge in [0, 0.05) is 11.8 Å². The SMILES string of the molecule is N#Cc1ccc2nnc(-c3ccc(OC(F)F)cc3)n2c1. The molecule has 0 bridgehead atoms. The molecule has 0 aliphatic carbocycles. The second-order valence-corrected chi connectivity index (χ2v) is 4.18. The van der Waals surface area contributed by atoms with Crippen molar-refractivity contribution in [3.05, 3.63) is 48.2 Å². The number of benzene rings is 1. The molecule has 0 aliphatic rings. The molecule has 0 radical (unpaired) electrons. The number of nitriles is 1. The number of hydrogen-bond donors (Lipinski definition) is 0. The van der Waals surface area contributed by atoms with Gasteiger partial charge in [0.05, 0.1) is 5.56 Å². The molecule has 0 amide bonds. The summed E-state index contributed by atoms with van der Waals surface area (Å²) < 4.78 is 30.2. The maximum Gasteiger partial charge on any atom is 0.387 e. The Morgan fingerprint density at radius 1 is 1.10 bits per heavy atom. The fourth-order valence-corrected chi connectivity index (χ4v) is 1.94. The highest BCUT2D eigenvalue weighted by Crippen LogP contribution is 2.22. The maximum absolute atomic E-state index is 12.1. The molecule has 1 aromatic carbocycles. The molecule has 0 N–H and O–H groups in total. The lowest BCUT2D eigenvalue weighted by atomic mass is 10.2. The summed E-state index contributed by atoms with van der Waals surface area (Å²) in [4.78, 5) is 0. The summed E-state index contributed by atoms with van der Waals surface area (Å²) in [5.41, 5.74) is 1.75. The molecule has 3 aromatic rings. The summed E-state index contributed by atoms with van der Waals surface area (Å²) in [5, 5.41) is 17.0. The highest BCUT2D eigenvalue weighted by molar-refractivity contribution is 5.61. The molecule has 104 valence electrons. The fraction of sp³-hybridized carbons (Fsp3) is 0.0714. The molecule has 5 nitrogen and oxygen atoms in total. The van der Waals surface area contributed by atoms with Crippen LogP contribution in [0.5, 0.6) is 5.75 Å². The van der Waals surface area contributed by atoms with Crippen LogP contribution in [0.2, 0.25) is 0 Å². The van der Waals surface area contributed by atoms with Crippen LogP contribution in [0, 0.1) is 11.3 Å². The number of ether oxygens (including phenoxy) is 1. The number of pyridine rings is 1. The first-order valence-electron chi connectivity index (χ1n) is 5.97. The van der Waals surface area contributed by atoms with E-state index < -0.39 is 6.61 Å². The lowest BCUT2D eigenvalue weighted by Crippen LogP contribution is -2.01. The largest absolute Gasteiger partial charge is 0.435 e. The van der Waals surface area contributed by atoms with Crippen molar-refractivity contribution in [3.63, 3.8) is 0 Å². The lowest BCUT2D eigenvalue weighted by molar-refractivity contribution is -0.0498. The van der Waals surface area contributed by atoms with E-state index in [2.05, 4.69) is 14.9 Å². The van der Waals surface area contributed by atoms with Crippen molar-refractivity contribution in [2.75, 3.05) is 0 Å². The Morgan fingerprint density at radius 3 is 2.52 bits per heavy atom. The van der Waals surface area contributed by atoms with Crippen molar-refractivity contribution in [3.8, 4) is 23.2 Å². The lowest BCUT2D eigenvalue weighted by Gasteiger charge is -2.05. The number of halogens is 2. The van der Waals surface area contributed by atoms with Gasteiger partial charge in [-0.25, -0.2) is 0 Å². The van der Waals surface area contributed by atoms with E-state index in [9.17, 15) is 8.78 Å². The zero-order chi connectivity index (χ0) is 14.8. The minimum Gasteiger partial charge on any atom is -0.435 e. The van der Waals surface area contributed by atoms with E-state index in [0.29, 0.717) is 22.6 Å². The average molecular weight is 286 g/mol. The smallest absolute Gasteiger partial charge is 0.387 e. The van der Waals surface area contributed by atoms with Gasteiger partial charge in [-0.15, -0.1) is 10.2 Å². The minimum absolute atomic E-state index is 0.0697. The van der Waals surface area contributed by atoms with Gasteiger partial charge in [-0.05, 0) is 36.4 Å². The van der Waals surface area contributed by atoms with Crippen LogP contribution in [0.1, 0.15) is 5.56 Å². The first-order chi connectivity index (χ1) is 10.2. The fourth-order valence-electron chi connectivity index (χ4n) is 1.94. The summed E-state index contributed by atoms with van der Waals surface area (Å²) in [7, 11) is 0. The zero-order valence-electron chi connectivity index (χ0n) is 10.6. The van der Waals surface area contributed by atoms with Gasteiger partial charge in [0.2, 0.25) is 0 Å². The van der Waals surface area contributed by atoms with Crippen molar-refractivity contribution in [1.82, 2.24) is 14.6 Å². The highest BCUT2D eigenvalue weighted by atomic mass is 19.3. The van der Waals surface area contributed by atoms with Gasteiger partial charge >= 0.3 is 6.61 Å². The third-order valence-corrected chi connectivity index (χ3v) is 2.87. The van der Waals surface area contributed by atoms with Crippen molar-refractivity contribution in [2.45, 2.75) is 6.61 Å². The van der Waals surface area contributed by atoms with Gasteiger partial charge in [-0.2, -0.15) is 14.0 Å². The molecule has 0 fully saturated rings. The van der Waals surface area contributed by atoms with E-state index in [1.165, 1.54) is 12.1 Å². The Labute approximate surface area is 118 Å². The predicted octanol–water partition coefficient (Wildman–Crippen LogP) is 2.87. The number of fused-ring (bicyclic) bond motifs is 1. The Hall–Kier alpha value is -3.01. The second kappa shape index (κ2) is 5.17. The number of rotatable bonds is 3. The van der Waals surface area contributed by atoms with E-state index in [1.807, 2.05) is 6.07 Å². The summed E-state index contributed by atoms with van der Waals surface area (Å²) in [5.74, 6) is 0.589. The standard InChI is InChI=1S/C14H8F2N4O/c15-14(16)21-11-4-2-10(3-5-11)13-19-18-12-6-1-9(7-17)8-20(12)13/h1-6,8,14H. The van der Waals surface area contributed by atoms with E-state index in [0.717, 1.165) is 0 Å². The first-order valence-corrected chi connectivity index (χ1v) is 5.97. The van der Waals surface area contributed by atoms with Gasteiger partial charge < -0.3 is 4.74 Å². The third kappa shape index (κ3) is 2.51. The van der Waals surface area contributed by atoms with Crippen LogP contribution < -0.4 is 4.74 Å². The van der Waals surface area contributed by atoms with Crippen molar-refractivity contribution >= 4 is 5.65 Å². The van der Waals surface area contributed by atoms with Gasteiger partial charge in [0.1, 0.15) is 11.8 Å². The normalized spacial score (nSPS) is 10.8. The van der Waals surface area contributed by atoms with Crippen molar-refractivity contribution in [2.24, 2.45) is 0 Å². The minimum atomic E-state index is -2.86. The van der Waals surface area contributed by atoms with Gasteiger partial charge in [-0.3, -0.25) is 4.40 Å². The van der Waals surface area contributed by atoms with Gasteiger partial charge in [-0.1, -0.05) is 0 Å². The maximum atomic E-state index is 12.1. The van der Waals surface area contributed by atoms with Crippen LogP contribution in [-0.4, -0.2) is 21.2 Å². The quantitative estimate of drug-likeness (QED) is 0.742. The zero-order valence-corrected chi connectivity index (χ0v) is 10.6. The number of hydrogen-bond acceptors (Lipinski definition) is 4. The Morgan fingerprint density at radius 2 is 1.86 bits per heavy atom. The molecule has 2 aromatic heterocycles. The topological polar surface area (TPSA) is 63.2 Å². The molecular formula is C14H8F2N4O. The van der Waals surface area contributed by atoms with Gasteiger partial charge in [0.25, 0.3) is 0 Å². The number of aromatic nitrogens is 3. The highest BCUT2D eigenvalue weighted by Gasteiger charge is 2.10. The molecule has 0 saturated carbocycles. The molecule has 2 heterocycles. The molecule has 21 heavy (non-hydrogen) atoms. The monoisotopic (exact) mass is 286 g/mol. The van der Waals surface area contributed by atoms with Crippen LogP contribution in [0.4, 0.5) is 8.78 Å². The molecule has 0 unspecified atom stereocenters. The molecular weight excluding hydrogens is 278 g/mol. The van der Waals surface area contributed by atoms with Crippen LogP contribution in [0.25, 0.3) is 17.0 Å². The van der Waals surface area contributed by atoms with Crippen LogP contribution in [0.15, 0.2) is 42.6 Å². The van der Waals surface area contributed by atoms with Crippen LogP contribution >= 0.6 is 0 Å². The van der Waals surface area contributed by atoms with E-state index >= 15 is 0 Å². The molecule has 0 saturated heterocycles. The summed E-state index contributed by atoms with van der Waals surface area (Å²) in [6.07, 6.45) is 1.62. The number of alkyl halides is 2. The van der Waals surface area contributed by atoms with Gasteiger partial charge in [0.15, 0.2) is 11.5 Å². The van der Waals surface area contributed by atoms with Crippen LogP contribution in [0.3, 0.4) is 0 Å². The Balaban J connectivity index is 2.02. The Bertz CT molecular complexity index is 821. The molecule has 0 aliphatic heterocycles.